The molecule has 0 spiro atoms. The smallest absolute Gasteiger partial charge is 0.384 e. The van der Waals surface area contributed by atoms with Gasteiger partial charge >= 0.3 is 6.18 Å². The Kier molecular flexibility index (Phi) is 4.49. The Hall–Kier alpha value is -0.250. The molecule has 11 heavy (non-hydrogen) atoms. The predicted octanol–water partition coefficient (Wildman–Crippen LogP) is 2.61. The maximum atomic E-state index is 12.0. The first-order valence-electron chi connectivity index (χ1n) is 3.58. The zero-order chi connectivity index (χ0) is 8.91. The van der Waals surface area contributed by atoms with Gasteiger partial charge in [0.25, 0.3) is 0 Å². The van der Waals surface area contributed by atoms with Crippen molar-refractivity contribution in [3.8, 4) is 0 Å². The van der Waals surface area contributed by atoms with E-state index in [0.717, 1.165) is 0 Å². The van der Waals surface area contributed by atoms with Crippen LogP contribution in [0.25, 0.3) is 0 Å². The highest BCUT2D eigenvalue weighted by atomic mass is 19.4. The third-order valence-corrected chi connectivity index (χ3v) is 1.47. The van der Waals surface area contributed by atoms with Crippen LogP contribution in [0.15, 0.2) is 0 Å². The third kappa shape index (κ3) is 4.24. The van der Waals surface area contributed by atoms with E-state index in [2.05, 4.69) is 4.74 Å². The van der Waals surface area contributed by atoms with Crippen molar-refractivity contribution in [1.29, 1.82) is 0 Å². The summed E-state index contributed by atoms with van der Waals surface area (Å²) in [5.74, 6) is -1.29. The molecule has 0 aliphatic carbocycles. The lowest BCUT2D eigenvalue weighted by Gasteiger charge is -2.18. The molecule has 68 valence electrons. The van der Waals surface area contributed by atoms with Gasteiger partial charge in [0.2, 0.25) is 0 Å². The second kappa shape index (κ2) is 4.59. The molecule has 0 saturated carbocycles. The Morgan fingerprint density at radius 1 is 1.36 bits per heavy atom. The van der Waals surface area contributed by atoms with E-state index < -0.39 is 12.1 Å². The fraction of sp³-hybridized carbons (Fsp3) is 1.00. The topological polar surface area (TPSA) is 9.23 Å². The van der Waals surface area contributed by atoms with Gasteiger partial charge < -0.3 is 4.74 Å². The number of ether oxygens (including phenoxy) is 1. The predicted molar refractivity (Wildman–Crippen MR) is 36.3 cm³/mol. The molecule has 0 rings (SSSR count). The molecule has 0 aromatic rings. The first kappa shape index (κ1) is 10.8. The van der Waals surface area contributed by atoms with Crippen LogP contribution in [0, 0.1) is 5.92 Å². The summed E-state index contributed by atoms with van der Waals surface area (Å²) in [6.45, 7) is 1.51. The van der Waals surface area contributed by atoms with Gasteiger partial charge in [-0.2, -0.15) is 13.2 Å². The fourth-order valence-electron chi connectivity index (χ4n) is 0.891. The van der Waals surface area contributed by atoms with Gasteiger partial charge in [0.15, 0.2) is 0 Å². The number of alkyl halides is 3. The maximum absolute atomic E-state index is 12.0. The van der Waals surface area contributed by atoms with E-state index in [1.807, 2.05) is 0 Å². The largest absolute Gasteiger partial charge is 0.394 e. The summed E-state index contributed by atoms with van der Waals surface area (Å²) < 4.78 is 40.5. The van der Waals surface area contributed by atoms with Crippen molar-refractivity contribution in [2.24, 2.45) is 5.92 Å². The maximum Gasteiger partial charge on any atom is 0.394 e. The zero-order valence-electron chi connectivity index (χ0n) is 6.74. The van der Waals surface area contributed by atoms with Crippen molar-refractivity contribution < 1.29 is 17.9 Å². The molecule has 0 aromatic heterocycles. The third-order valence-electron chi connectivity index (χ3n) is 1.47. The van der Waals surface area contributed by atoms with Gasteiger partial charge in [-0.25, -0.2) is 0 Å². The van der Waals surface area contributed by atoms with E-state index >= 15 is 0 Å². The van der Waals surface area contributed by atoms with Crippen LogP contribution >= 0.6 is 0 Å². The molecule has 1 atom stereocenters. The summed E-state index contributed by atoms with van der Waals surface area (Å²) in [4.78, 5) is 0. The van der Waals surface area contributed by atoms with Crippen molar-refractivity contribution in [3.63, 3.8) is 0 Å². The summed E-state index contributed by atoms with van der Waals surface area (Å²) in [7, 11) is 1.29. The van der Waals surface area contributed by atoms with Crippen molar-refractivity contribution in [1.82, 2.24) is 0 Å². The van der Waals surface area contributed by atoms with Crippen LogP contribution in [0.3, 0.4) is 0 Å². The summed E-state index contributed by atoms with van der Waals surface area (Å²) in [5.41, 5.74) is 0. The summed E-state index contributed by atoms with van der Waals surface area (Å²) in [6, 6.07) is 0. The van der Waals surface area contributed by atoms with E-state index in [0.29, 0.717) is 6.42 Å². The van der Waals surface area contributed by atoms with E-state index in [1.165, 1.54) is 7.11 Å². The van der Waals surface area contributed by atoms with Crippen LogP contribution in [0.5, 0.6) is 0 Å². The van der Waals surface area contributed by atoms with Crippen molar-refractivity contribution in [3.05, 3.63) is 0 Å². The standard InChI is InChI=1S/C7H13F3O/c1-3-4-6(5-11-2)7(8,9)10/h6H,3-5H2,1-2H3. The molecular formula is C7H13F3O. The first-order chi connectivity index (χ1) is 5.02. The molecule has 0 saturated heterocycles. The first-order valence-corrected chi connectivity index (χ1v) is 3.58. The second-order valence-corrected chi connectivity index (χ2v) is 2.48. The normalized spacial score (nSPS) is 15.0. The highest BCUT2D eigenvalue weighted by Crippen LogP contribution is 2.29. The van der Waals surface area contributed by atoms with Crippen molar-refractivity contribution in [2.45, 2.75) is 25.9 Å². The minimum absolute atomic E-state index is 0.150. The second-order valence-electron chi connectivity index (χ2n) is 2.48. The molecule has 0 aliphatic heterocycles. The van der Waals surface area contributed by atoms with Crippen LogP contribution in [-0.4, -0.2) is 19.9 Å². The molecular weight excluding hydrogens is 157 g/mol. The molecule has 0 aliphatic rings. The zero-order valence-corrected chi connectivity index (χ0v) is 6.74. The lowest BCUT2D eigenvalue weighted by molar-refractivity contribution is -0.187. The van der Waals surface area contributed by atoms with Crippen LogP contribution in [0.4, 0.5) is 13.2 Å². The fourth-order valence-corrected chi connectivity index (χ4v) is 0.891. The molecule has 4 heteroatoms. The van der Waals surface area contributed by atoms with Crippen LogP contribution in [-0.2, 0) is 4.74 Å². The van der Waals surface area contributed by atoms with Gasteiger partial charge in [-0.05, 0) is 6.42 Å². The molecule has 0 heterocycles. The summed E-state index contributed by atoms with van der Waals surface area (Å²) in [6.07, 6.45) is -3.42. The average Bonchev–Trinajstić information content (AvgIpc) is 1.85. The highest BCUT2D eigenvalue weighted by molar-refractivity contribution is 4.65. The van der Waals surface area contributed by atoms with Gasteiger partial charge in [0.05, 0.1) is 12.5 Å². The summed E-state index contributed by atoms with van der Waals surface area (Å²) in [5, 5.41) is 0. The minimum Gasteiger partial charge on any atom is -0.384 e. The van der Waals surface area contributed by atoms with Crippen LogP contribution in [0.1, 0.15) is 19.8 Å². The van der Waals surface area contributed by atoms with Gasteiger partial charge in [0.1, 0.15) is 0 Å². The van der Waals surface area contributed by atoms with Crippen molar-refractivity contribution >= 4 is 0 Å². The molecule has 1 unspecified atom stereocenters. The minimum atomic E-state index is -4.11. The Bertz CT molecular complexity index is 94.3. The van der Waals surface area contributed by atoms with Gasteiger partial charge in [0, 0.05) is 7.11 Å². The van der Waals surface area contributed by atoms with E-state index in [1.54, 1.807) is 6.92 Å². The highest BCUT2D eigenvalue weighted by Gasteiger charge is 2.38. The number of hydrogen-bond acceptors (Lipinski definition) is 1. The number of halogens is 3. The number of hydrogen-bond donors (Lipinski definition) is 0. The quantitative estimate of drug-likeness (QED) is 0.630. The van der Waals surface area contributed by atoms with E-state index in [-0.39, 0.29) is 13.0 Å². The lowest BCUT2D eigenvalue weighted by Crippen LogP contribution is -2.26. The average molecular weight is 170 g/mol. The number of rotatable bonds is 4. The SMILES string of the molecule is CCCC(COC)C(F)(F)F. The Morgan fingerprint density at radius 2 is 1.91 bits per heavy atom. The molecule has 0 aromatic carbocycles. The summed E-state index contributed by atoms with van der Waals surface area (Å²) >= 11 is 0. The van der Waals surface area contributed by atoms with Gasteiger partial charge in [-0.3, -0.25) is 0 Å². The Labute approximate surface area is 64.5 Å². The monoisotopic (exact) mass is 170 g/mol. The van der Waals surface area contributed by atoms with E-state index in [9.17, 15) is 13.2 Å². The molecule has 0 radical (unpaired) electrons. The Balaban J connectivity index is 3.88. The van der Waals surface area contributed by atoms with Crippen molar-refractivity contribution in [2.75, 3.05) is 13.7 Å². The van der Waals surface area contributed by atoms with Gasteiger partial charge in [-0.15, -0.1) is 0 Å². The lowest BCUT2D eigenvalue weighted by atomic mass is 10.0. The molecule has 0 bridgehead atoms. The molecule has 0 amide bonds. The molecule has 0 N–H and O–H groups in total. The van der Waals surface area contributed by atoms with Gasteiger partial charge in [-0.1, -0.05) is 13.3 Å². The Morgan fingerprint density at radius 3 is 2.18 bits per heavy atom. The van der Waals surface area contributed by atoms with Crippen LogP contribution < -0.4 is 0 Å². The molecule has 1 nitrogen and oxygen atoms in total. The van der Waals surface area contributed by atoms with Crippen LogP contribution in [0.2, 0.25) is 0 Å². The number of methoxy groups -OCH3 is 1. The van der Waals surface area contributed by atoms with E-state index in [4.69, 9.17) is 0 Å². The molecule has 0 fully saturated rings.